The molecule has 0 saturated carbocycles. The van der Waals surface area contributed by atoms with Crippen molar-refractivity contribution in [2.24, 2.45) is 0 Å². The second-order valence-corrected chi connectivity index (χ2v) is 7.66. The third-order valence-corrected chi connectivity index (χ3v) is 5.15. The van der Waals surface area contributed by atoms with Gasteiger partial charge in [0.05, 0.1) is 14.4 Å². The standard InChI is InChI=1S/C9H13F2N3O10P2.3H3N/c10-9(11)6(15)4(3-22-26(20,21)24-25(17,18)19)23-7(9)14-2-1-5(12)13-8(14)16;;;/h1-2,4,6-7,15H,3H2,(H,20,21)(H2,12,13,16)(H2,17,18,19);3*1H3/t4-,6?,7-;;;/m1.../s1. The number of alkyl halides is 2. The van der Waals surface area contributed by atoms with Crippen LogP contribution in [0.4, 0.5) is 14.6 Å². The third-order valence-electron chi connectivity index (χ3n) is 3.08. The first-order chi connectivity index (χ1) is 11.7. The molecular formula is C9H22F2N6O10P2. The molecule has 1 fully saturated rings. The van der Waals surface area contributed by atoms with Gasteiger partial charge in [-0.05, 0) is 6.07 Å². The van der Waals surface area contributed by atoms with Gasteiger partial charge >= 0.3 is 11.6 Å². The number of aliphatic hydroxyl groups is 1. The Hall–Kier alpha value is -1.40. The summed E-state index contributed by atoms with van der Waals surface area (Å²) >= 11 is 0. The number of phosphoric acid groups is 2. The number of phosphoric ester groups is 1. The van der Waals surface area contributed by atoms with Crippen LogP contribution >= 0.6 is 15.6 Å². The number of nitrogens with zero attached hydrogens (tertiary/aromatic N) is 2. The SMILES string of the molecule is Nc1ccn([C@@H]2O[C@H](COP(=O)([O-])OP(=O)([O-])[O-])C(O)C2(F)F)c(=O)n1.[NH4+].[NH4+].[NH4+]. The summed E-state index contributed by atoms with van der Waals surface area (Å²) in [7, 11) is -11.7. The number of aromatic nitrogens is 2. The van der Waals surface area contributed by atoms with Crippen molar-refractivity contribution in [3.63, 3.8) is 0 Å². The molecule has 2 rings (SSSR count). The van der Waals surface area contributed by atoms with E-state index in [1.54, 1.807) is 0 Å². The average Bonchev–Trinajstić information content (AvgIpc) is 2.66. The van der Waals surface area contributed by atoms with Crippen LogP contribution in [0.25, 0.3) is 0 Å². The Morgan fingerprint density at radius 3 is 2.34 bits per heavy atom. The fourth-order valence-corrected chi connectivity index (χ4v) is 3.52. The normalized spacial score (nSPS) is 25.1. The zero-order valence-electron chi connectivity index (χ0n) is 15.3. The predicted octanol–water partition coefficient (Wildman–Crippen LogP) is -1.82. The highest BCUT2D eigenvalue weighted by molar-refractivity contribution is 7.58. The van der Waals surface area contributed by atoms with E-state index < -0.39 is 52.3 Å². The first-order valence-corrected chi connectivity index (χ1v) is 9.40. The van der Waals surface area contributed by atoms with E-state index in [9.17, 15) is 42.5 Å². The molecule has 1 aromatic heterocycles. The second-order valence-electron chi connectivity index (χ2n) is 4.96. The Morgan fingerprint density at radius 2 is 1.86 bits per heavy atom. The zero-order valence-corrected chi connectivity index (χ0v) is 17.1. The number of anilines is 1. The minimum absolute atomic E-state index is 0. The molecule has 0 aromatic carbocycles. The van der Waals surface area contributed by atoms with Crippen LogP contribution in [0.15, 0.2) is 17.1 Å². The van der Waals surface area contributed by atoms with Gasteiger partial charge in [0, 0.05) is 6.20 Å². The maximum absolute atomic E-state index is 14.1. The van der Waals surface area contributed by atoms with E-state index in [0.717, 1.165) is 12.3 Å². The summed E-state index contributed by atoms with van der Waals surface area (Å²) in [5, 5.41) is 9.60. The Balaban J connectivity index is 0. The summed E-state index contributed by atoms with van der Waals surface area (Å²) in [5.74, 6) is -4.35. The molecule has 1 aliphatic rings. The largest absolute Gasteiger partial charge is 0.790 e. The second kappa shape index (κ2) is 10.1. The number of quaternary nitrogens is 3. The van der Waals surface area contributed by atoms with Crippen molar-refractivity contribution < 1.29 is 51.3 Å². The molecule has 0 bridgehead atoms. The van der Waals surface area contributed by atoms with Crippen LogP contribution in [0, 0.1) is 0 Å². The zero-order chi connectivity index (χ0) is 19.9. The Bertz CT molecular complexity index is 836. The monoisotopic (exact) mass is 474 g/mol. The minimum atomic E-state index is -5.98. The van der Waals surface area contributed by atoms with Crippen molar-refractivity contribution in [1.29, 1.82) is 0 Å². The van der Waals surface area contributed by atoms with Crippen LogP contribution in [0.2, 0.25) is 0 Å². The van der Waals surface area contributed by atoms with Gasteiger partial charge in [-0.3, -0.25) is 13.4 Å². The number of ether oxygens (including phenoxy) is 1. The van der Waals surface area contributed by atoms with E-state index >= 15 is 0 Å². The molecule has 4 atom stereocenters. The smallest absolute Gasteiger partial charge is 0.351 e. The lowest BCUT2D eigenvalue weighted by atomic mass is 10.1. The van der Waals surface area contributed by atoms with Crippen molar-refractivity contribution in [1.82, 2.24) is 28.0 Å². The molecule has 0 aliphatic carbocycles. The van der Waals surface area contributed by atoms with Crippen molar-refractivity contribution >= 4 is 21.5 Å². The Labute approximate surface area is 161 Å². The van der Waals surface area contributed by atoms with E-state index in [1.165, 1.54) is 0 Å². The van der Waals surface area contributed by atoms with Crippen LogP contribution in [0.5, 0.6) is 0 Å². The summed E-state index contributed by atoms with van der Waals surface area (Å²) in [4.78, 5) is 46.5. The lowest BCUT2D eigenvalue weighted by molar-refractivity contribution is -0.339. The van der Waals surface area contributed by atoms with Crippen molar-refractivity contribution in [3.05, 3.63) is 22.7 Å². The maximum Gasteiger partial charge on any atom is 0.351 e. The van der Waals surface area contributed by atoms with Crippen molar-refractivity contribution in [3.8, 4) is 0 Å². The molecule has 1 aliphatic heterocycles. The number of hydrogen-bond acceptors (Lipinski definition) is 12. The molecule has 29 heavy (non-hydrogen) atoms. The molecule has 0 radical (unpaired) electrons. The molecule has 1 saturated heterocycles. The van der Waals surface area contributed by atoms with Gasteiger partial charge in [0.1, 0.15) is 11.9 Å². The maximum atomic E-state index is 14.1. The molecule has 2 heterocycles. The van der Waals surface area contributed by atoms with Crippen LogP contribution < -0.4 is 44.6 Å². The van der Waals surface area contributed by atoms with Gasteiger partial charge in [0.25, 0.3) is 7.82 Å². The molecule has 20 heteroatoms. The molecule has 0 spiro atoms. The highest BCUT2D eigenvalue weighted by Crippen LogP contribution is 2.51. The molecular weight excluding hydrogens is 452 g/mol. The third kappa shape index (κ3) is 7.10. The number of aliphatic hydroxyl groups excluding tert-OH is 1. The fourth-order valence-electron chi connectivity index (χ4n) is 2.02. The highest BCUT2D eigenvalue weighted by atomic mass is 31.3. The van der Waals surface area contributed by atoms with Gasteiger partial charge in [-0.15, -0.1) is 0 Å². The Morgan fingerprint density at radius 1 is 1.31 bits per heavy atom. The number of nitrogen functional groups attached to an aromatic ring is 1. The van der Waals surface area contributed by atoms with Gasteiger partial charge in [-0.1, -0.05) is 0 Å². The quantitative estimate of drug-likeness (QED) is 0.284. The van der Waals surface area contributed by atoms with E-state index in [4.69, 9.17) is 10.5 Å². The molecule has 15 N–H and O–H groups in total. The molecule has 1 aromatic rings. The van der Waals surface area contributed by atoms with Gasteiger partial charge in [-0.25, -0.2) is 4.79 Å². The van der Waals surface area contributed by atoms with Crippen LogP contribution in [-0.2, 0) is 22.7 Å². The topological polar surface area (TPSA) is 322 Å². The number of rotatable bonds is 6. The summed E-state index contributed by atoms with van der Waals surface area (Å²) in [5.41, 5.74) is 3.98. The van der Waals surface area contributed by atoms with Gasteiger partial charge in [0.15, 0.2) is 6.10 Å². The molecule has 16 nitrogen and oxygen atoms in total. The van der Waals surface area contributed by atoms with E-state index in [2.05, 4.69) is 13.8 Å². The summed E-state index contributed by atoms with van der Waals surface area (Å²) < 4.78 is 61.8. The van der Waals surface area contributed by atoms with Gasteiger partial charge < -0.3 is 57.8 Å². The molecule has 0 amide bonds. The first kappa shape index (κ1) is 29.8. The van der Waals surface area contributed by atoms with Gasteiger partial charge in [0.2, 0.25) is 6.23 Å². The number of hydrogen-bond donors (Lipinski definition) is 5. The lowest BCUT2D eigenvalue weighted by Crippen LogP contribution is -2.42. The fraction of sp³-hybridized carbons (Fsp3) is 0.556. The summed E-state index contributed by atoms with van der Waals surface area (Å²) in [6.45, 7) is -1.33. The van der Waals surface area contributed by atoms with Gasteiger partial charge in [-0.2, -0.15) is 13.8 Å². The molecule has 2 unspecified atom stereocenters. The van der Waals surface area contributed by atoms with Crippen LogP contribution in [0.3, 0.4) is 0 Å². The molecule has 172 valence electrons. The summed E-state index contributed by atoms with van der Waals surface area (Å²) in [6, 6.07) is 0.997. The van der Waals surface area contributed by atoms with Crippen LogP contribution in [-0.4, -0.2) is 39.4 Å². The number of halogens is 2. The average molecular weight is 474 g/mol. The number of nitrogens with two attached hydrogens (primary N) is 1. The van der Waals surface area contributed by atoms with Crippen molar-refractivity contribution in [2.75, 3.05) is 12.3 Å². The van der Waals surface area contributed by atoms with Crippen molar-refractivity contribution in [2.45, 2.75) is 24.4 Å². The first-order valence-electron chi connectivity index (χ1n) is 6.48. The summed E-state index contributed by atoms with van der Waals surface area (Å²) in [6.07, 6.45) is -6.25. The van der Waals surface area contributed by atoms with Crippen LogP contribution in [0.1, 0.15) is 6.23 Å². The van der Waals surface area contributed by atoms with E-state index in [1.807, 2.05) is 0 Å². The minimum Gasteiger partial charge on any atom is -0.790 e. The highest BCUT2D eigenvalue weighted by Gasteiger charge is 2.59. The Kier molecular flexibility index (Phi) is 10.4. The van der Waals surface area contributed by atoms with E-state index in [0.29, 0.717) is 4.57 Å². The lowest BCUT2D eigenvalue weighted by Gasteiger charge is -2.35. The van der Waals surface area contributed by atoms with E-state index in [-0.39, 0.29) is 24.3 Å². The predicted molar refractivity (Wildman–Crippen MR) is 88.0 cm³/mol.